The maximum atomic E-state index is 13.9. The average Bonchev–Trinajstić information content (AvgIpc) is 3.27. The largest absolute Gasteiger partial charge is 0.471 e. The van der Waals surface area contributed by atoms with E-state index in [0.29, 0.717) is 5.56 Å². The van der Waals surface area contributed by atoms with Gasteiger partial charge in [0.05, 0.1) is 17.6 Å². The molecule has 9 nitrogen and oxygen atoms in total. The Morgan fingerprint density at radius 1 is 1.09 bits per heavy atom. The number of imidazole rings is 1. The second-order valence-corrected chi connectivity index (χ2v) is 10.8. The lowest BCUT2D eigenvalue weighted by Gasteiger charge is -2.30. The fourth-order valence-corrected chi connectivity index (χ4v) is 5.23. The molecule has 1 aliphatic rings. The third-order valence-electron chi connectivity index (χ3n) is 7.57. The van der Waals surface area contributed by atoms with E-state index in [1.807, 2.05) is 0 Å². The summed E-state index contributed by atoms with van der Waals surface area (Å²) in [6, 6.07) is 5.48. The van der Waals surface area contributed by atoms with Crippen LogP contribution in [0, 0.1) is 17.2 Å². The topological polar surface area (TPSA) is 122 Å². The van der Waals surface area contributed by atoms with Crippen LogP contribution >= 0.6 is 0 Å². The summed E-state index contributed by atoms with van der Waals surface area (Å²) in [7, 11) is 1.42. The van der Waals surface area contributed by atoms with Gasteiger partial charge in [0.25, 0.3) is 12.3 Å². The first kappa shape index (κ1) is 34.4. The molecular formula is C29H28F8N6O3. The van der Waals surface area contributed by atoms with Gasteiger partial charge >= 0.3 is 12.4 Å². The first-order valence-corrected chi connectivity index (χ1v) is 14.0. The molecule has 0 bridgehead atoms. The Morgan fingerprint density at radius 3 is 2.39 bits per heavy atom. The number of aromatic nitrogens is 3. The molecule has 1 fully saturated rings. The van der Waals surface area contributed by atoms with Gasteiger partial charge in [0.1, 0.15) is 23.3 Å². The third-order valence-corrected chi connectivity index (χ3v) is 7.57. The highest BCUT2D eigenvalue weighted by atomic mass is 19.4. The number of hydrogen-bond donors (Lipinski definition) is 2. The van der Waals surface area contributed by atoms with Crippen molar-refractivity contribution in [2.45, 2.75) is 69.9 Å². The summed E-state index contributed by atoms with van der Waals surface area (Å²) in [5.74, 6) is -3.39. The molecule has 0 unspecified atom stereocenters. The second-order valence-electron chi connectivity index (χ2n) is 10.8. The lowest BCUT2D eigenvalue weighted by atomic mass is 9.85. The number of pyridine rings is 1. The minimum Gasteiger partial charge on any atom is -0.471 e. The van der Waals surface area contributed by atoms with Crippen LogP contribution in [-0.4, -0.2) is 51.6 Å². The van der Waals surface area contributed by atoms with E-state index in [9.17, 15) is 44.7 Å². The van der Waals surface area contributed by atoms with Crippen LogP contribution < -0.4 is 15.4 Å². The lowest BCUT2D eigenvalue weighted by Crippen LogP contribution is -2.40. The number of alkyl halides is 8. The molecular weight excluding hydrogens is 632 g/mol. The van der Waals surface area contributed by atoms with Gasteiger partial charge in [0.15, 0.2) is 12.3 Å². The van der Waals surface area contributed by atoms with Gasteiger partial charge in [0.2, 0.25) is 11.8 Å². The summed E-state index contributed by atoms with van der Waals surface area (Å²) in [4.78, 5) is 33.3. The summed E-state index contributed by atoms with van der Waals surface area (Å²) in [5.41, 5.74) is -1.14. The van der Waals surface area contributed by atoms with E-state index >= 15 is 0 Å². The SMILES string of the molecule is Cn1c(Cc2cc(CNC(=O)CC#N)ccc2C(F)(F)F)nc2cc(C(=O)NC3CCC(C(F)(F)F)CC3)c(OCC(F)F)nc21. The number of halogens is 8. The predicted octanol–water partition coefficient (Wildman–Crippen LogP) is 5.60. The molecule has 2 aromatic heterocycles. The van der Waals surface area contributed by atoms with Crippen LogP contribution in [0.5, 0.6) is 5.88 Å². The Kier molecular flexibility index (Phi) is 10.4. The van der Waals surface area contributed by atoms with E-state index in [4.69, 9.17) is 10.00 Å². The number of hydrogen-bond acceptors (Lipinski definition) is 6. The summed E-state index contributed by atoms with van der Waals surface area (Å²) < 4.78 is 113. The van der Waals surface area contributed by atoms with Gasteiger partial charge in [-0.25, -0.2) is 13.8 Å². The average molecular weight is 661 g/mol. The van der Waals surface area contributed by atoms with Gasteiger partial charge in [-0.2, -0.15) is 36.6 Å². The fraction of sp³-hybridized carbons (Fsp3) is 0.483. The van der Waals surface area contributed by atoms with Crippen LogP contribution in [0.1, 0.15) is 65.0 Å². The molecule has 4 rings (SSSR count). The zero-order valence-corrected chi connectivity index (χ0v) is 24.2. The van der Waals surface area contributed by atoms with Crippen molar-refractivity contribution in [3.63, 3.8) is 0 Å². The summed E-state index contributed by atoms with van der Waals surface area (Å²) in [6.45, 7) is -1.27. The van der Waals surface area contributed by atoms with Gasteiger partial charge in [-0.1, -0.05) is 12.1 Å². The zero-order valence-electron chi connectivity index (χ0n) is 24.2. The Bertz CT molecular complexity index is 1620. The monoisotopic (exact) mass is 660 g/mol. The normalized spacial score (nSPS) is 17.2. The number of rotatable bonds is 10. The molecule has 3 aromatic rings. The fourth-order valence-electron chi connectivity index (χ4n) is 5.23. The van der Waals surface area contributed by atoms with Crippen LogP contribution in [-0.2, 0) is 31.0 Å². The van der Waals surface area contributed by atoms with Crippen LogP contribution in [0.2, 0.25) is 0 Å². The highest BCUT2D eigenvalue weighted by Gasteiger charge is 2.41. The number of fused-ring (bicyclic) bond motifs is 1. The summed E-state index contributed by atoms with van der Waals surface area (Å²) in [5, 5.41) is 13.7. The number of nitrogens with zero attached hydrogens (tertiary/aromatic N) is 4. The molecule has 46 heavy (non-hydrogen) atoms. The minimum absolute atomic E-state index is 0.00924. The molecule has 0 spiro atoms. The Morgan fingerprint density at radius 2 is 1.78 bits per heavy atom. The molecule has 0 aliphatic heterocycles. The van der Waals surface area contributed by atoms with Crippen molar-refractivity contribution < 1.29 is 49.4 Å². The lowest BCUT2D eigenvalue weighted by molar-refractivity contribution is -0.182. The number of ether oxygens (including phenoxy) is 1. The Balaban J connectivity index is 1.64. The summed E-state index contributed by atoms with van der Waals surface area (Å²) >= 11 is 0. The van der Waals surface area contributed by atoms with Crippen molar-refractivity contribution in [3.8, 4) is 11.9 Å². The number of carbonyl (C=O) groups excluding carboxylic acids is 2. The Labute approximate surface area is 256 Å². The second kappa shape index (κ2) is 13.9. The van der Waals surface area contributed by atoms with Gasteiger partial charge in [-0.3, -0.25) is 9.59 Å². The minimum atomic E-state index is -4.75. The number of nitrogens with one attached hydrogen (secondary N) is 2. The van der Waals surface area contributed by atoms with E-state index in [0.717, 1.165) is 6.07 Å². The number of benzene rings is 1. The highest BCUT2D eigenvalue weighted by molar-refractivity contribution is 5.99. The molecule has 1 aliphatic carbocycles. The van der Waals surface area contributed by atoms with Crippen molar-refractivity contribution in [2.75, 3.05) is 6.61 Å². The van der Waals surface area contributed by atoms with Gasteiger partial charge in [-0.15, -0.1) is 0 Å². The quantitative estimate of drug-likeness (QED) is 0.273. The van der Waals surface area contributed by atoms with Crippen molar-refractivity contribution in [2.24, 2.45) is 13.0 Å². The van der Waals surface area contributed by atoms with Crippen LogP contribution in [0.4, 0.5) is 35.1 Å². The van der Waals surface area contributed by atoms with Crippen LogP contribution in [0.3, 0.4) is 0 Å². The van der Waals surface area contributed by atoms with E-state index in [1.165, 1.54) is 29.8 Å². The van der Waals surface area contributed by atoms with Gasteiger partial charge in [-0.05, 0) is 48.9 Å². The molecule has 0 saturated heterocycles. The molecule has 2 heterocycles. The predicted molar refractivity (Wildman–Crippen MR) is 146 cm³/mol. The molecule has 1 aromatic carbocycles. The molecule has 1 saturated carbocycles. The molecule has 2 N–H and O–H groups in total. The molecule has 17 heteroatoms. The number of carbonyl (C=O) groups is 2. The van der Waals surface area contributed by atoms with E-state index in [2.05, 4.69) is 20.6 Å². The molecule has 0 radical (unpaired) electrons. The number of aryl methyl sites for hydroxylation is 1. The standard InChI is InChI=1S/C29H28F8N6O3/c1-43-23(11-16-10-15(13-39-24(44)8-9-38)2-7-20(16)29(35,36)37)41-21-12-19(27(42-25(21)43)46-14-22(30)31)26(45)40-18-5-3-17(4-6-18)28(32,33)34/h2,7,10,12,17-18,22H,3-6,8,11,13-14H2,1H3,(H,39,44)(H,40,45). The Hall–Kier alpha value is -4.49. The maximum absolute atomic E-state index is 13.9. The van der Waals surface area contributed by atoms with Gasteiger partial charge < -0.3 is 19.9 Å². The molecule has 0 atom stereocenters. The van der Waals surface area contributed by atoms with Crippen LogP contribution in [0.25, 0.3) is 11.2 Å². The number of amides is 2. The van der Waals surface area contributed by atoms with Crippen molar-refractivity contribution >= 4 is 23.0 Å². The smallest absolute Gasteiger partial charge is 0.416 e. The zero-order chi connectivity index (χ0) is 33.8. The third kappa shape index (κ3) is 8.40. The maximum Gasteiger partial charge on any atom is 0.416 e. The molecule has 2 amide bonds. The first-order valence-electron chi connectivity index (χ1n) is 14.0. The van der Waals surface area contributed by atoms with Crippen LogP contribution in [0.15, 0.2) is 24.3 Å². The van der Waals surface area contributed by atoms with Gasteiger partial charge in [0, 0.05) is 26.1 Å². The summed E-state index contributed by atoms with van der Waals surface area (Å²) in [6.07, 6.45) is -13.2. The van der Waals surface area contributed by atoms with E-state index < -0.39 is 67.0 Å². The highest BCUT2D eigenvalue weighted by Crippen LogP contribution is 2.38. The van der Waals surface area contributed by atoms with Crippen molar-refractivity contribution in [1.82, 2.24) is 25.2 Å². The van der Waals surface area contributed by atoms with E-state index in [1.54, 1.807) is 6.07 Å². The molecule has 248 valence electrons. The van der Waals surface area contributed by atoms with Crippen molar-refractivity contribution in [1.29, 1.82) is 5.26 Å². The first-order chi connectivity index (χ1) is 21.6. The number of nitriles is 1. The van der Waals surface area contributed by atoms with E-state index in [-0.39, 0.29) is 66.8 Å². The van der Waals surface area contributed by atoms with Crippen molar-refractivity contribution in [3.05, 3.63) is 52.3 Å².